The van der Waals surface area contributed by atoms with E-state index in [-0.39, 0.29) is 33.9 Å². The van der Waals surface area contributed by atoms with Crippen LogP contribution in [0.4, 0.5) is 0 Å². The van der Waals surface area contributed by atoms with Crippen LogP contribution in [0.15, 0.2) is 23.3 Å². The molecule has 2 nitrogen and oxygen atoms in total. The van der Waals surface area contributed by atoms with E-state index < -0.39 is 0 Å². The summed E-state index contributed by atoms with van der Waals surface area (Å²) in [6.45, 7) is 18.9. The Labute approximate surface area is 198 Å². The van der Waals surface area contributed by atoms with Crippen molar-refractivity contribution in [1.82, 2.24) is 0 Å². The fourth-order valence-corrected chi connectivity index (χ4v) is 9.89. The Morgan fingerprint density at radius 3 is 2.12 bits per heavy atom. The minimum Gasteiger partial charge on any atom is -0.393 e. The Balaban J connectivity index is 1.67. The molecule has 0 aromatic carbocycles. The maximum atomic E-state index is 11.7. The zero-order valence-electron chi connectivity index (χ0n) is 22.2. The van der Waals surface area contributed by atoms with Gasteiger partial charge in [0.2, 0.25) is 0 Å². The Morgan fingerprint density at radius 1 is 0.812 bits per heavy atom. The lowest BCUT2D eigenvalue weighted by Gasteiger charge is -2.70. The largest absolute Gasteiger partial charge is 0.393 e. The minimum absolute atomic E-state index is 0.0283. The number of rotatable bonds is 3. The van der Waals surface area contributed by atoms with Gasteiger partial charge in [-0.25, -0.2) is 0 Å². The van der Waals surface area contributed by atoms with Crippen LogP contribution in [0.1, 0.15) is 107 Å². The molecule has 4 aliphatic carbocycles. The maximum absolute atomic E-state index is 11.7. The first-order valence-electron chi connectivity index (χ1n) is 13.4. The third-order valence-electron chi connectivity index (χ3n) is 11.9. The van der Waals surface area contributed by atoms with Crippen LogP contribution in [0.2, 0.25) is 0 Å². The summed E-state index contributed by atoms with van der Waals surface area (Å²) >= 11 is 0. The fraction of sp³-hybridized carbons (Fsp3) is 0.867. The van der Waals surface area contributed by atoms with E-state index in [9.17, 15) is 10.2 Å². The zero-order valence-corrected chi connectivity index (χ0v) is 22.2. The van der Waals surface area contributed by atoms with E-state index in [1.54, 1.807) is 0 Å². The molecule has 0 bridgehead atoms. The zero-order chi connectivity index (χ0) is 23.7. The first kappa shape index (κ1) is 24.5. The van der Waals surface area contributed by atoms with E-state index >= 15 is 0 Å². The van der Waals surface area contributed by atoms with Crippen LogP contribution in [-0.2, 0) is 0 Å². The Morgan fingerprint density at radius 2 is 1.47 bits per heavy atom. The third kappa shape index (κ3) is 3.33. The van der Waals surface area contributed by atoms with Crippen molar-refractivity contribution in [1.29, 1.82) is 0 Å². The van der Waals surface area contributed by atoms with Gasteiger partial charge in [0.25, 0.3) is 0 Å². The molecule has 4 saturated carbocycles. The summed E-state index contributed by atoms with van der Waals surface area (Å²) in [6, 6.07) is 0. The van der Waals surface area contributed by atoms with Crippen molar-refractivity contribution in [3.63, 3.8) is 0 Å². The predicted octanol–water partition coefficient (Wildman–Crippen LogP) is 7.31. The van der Waals surface area contributed by atoms with Gasteiger partial charge >= 0.3 is 0 Å². The van der Waals surface area contributed by atoms with Gasteiger partial charge in [0.05, 0.1) is 12.2 Å². The van der Waals surface area contributed by atoms with E-state index in [0.29, 0.717) is 23.7 Å². The lowest BCUT2D eigenvalue weighted by molar-refractivity contribution is -0.240. The molecule has 4 fully saturated rings. The first-order chi connectivity index (χ1) is 14.8. The van der Waals surface area contributed by atoms with Crippen molar-refractivity contribution >= 4 is 0 Å². The van der Waals surface area contributed by atoms with E-state index in [0.717, 1.165) is 25.7 Å². The normalized spacial score (nSPS) is 50.2. The third-order valence-corrected chi connectivity index (χ3v) is 11.9. The SMILES string of the molecule is CC(C)=CC/C=C(\C)C1CC[C@]2(C)C1[C@H](O)CC1[C@@]3(C)CCC(O)C(C)(C)C3CC[C@]12C. The van der Waals surface area contributed by atoms with Crippen LogP contribution in [0.3, 0.4) is 0 Å². The fourth-order valence-electron chi connectivity index (χ4n) is 9.89. The van der Waals surface area contributed by atoms with Gasteiger partial charge in [-0.05, 0) is 117 Å². The van der Waals surface area contributed by atoms with Crippen LogP contribution in [0.5, 0.6) is 0 Å². The van der Waals surface area contributed by atoms with Gasteiger partial charge in [-0.3, -0.25) is 0 Å². The van der Waals surface area contributed by atoms with Crippen molar-refractivity contribution in [3.8, 4) is 0 Å². The number of aliphatic hydroxyl groups is 2. The van der Waals surface area contributed by atoms with Gasteiger partial charge in [0, 0.05) is 0 Å². The maximum Gasteiger partial charge on any atom is 0.0594 e. The molecule has 0 aliphatic heterocycles. The van der Waals surface area contributed by atoms with Crippen LogP contribution in [0, 0.1) is 45.3 Å². The highest BCUT2D eigenvalue weighted by atomic mass is 16.3. The van der Waals surface area contributed by atoms with Crippen LogP contribution in [-0.4, -0.2) is 22.4 Å². The van der Waals surface area contributed by atoms with Crippen LogP contribution in [0.25, 0.3) is 0 Å². The van der Waals surface area contributed by atoms with Gasteiger partial charge in [0.15, 0.2) is 0 Å². The molecule has 0 radical (unpaired) electrons. The van der Waals surface area contributed by atoms with Crippen LogP contribution >= 0.6 is 0 Å². The minimum atomic E-state index is -0.206. The summed E-state index contributed by atoms with van der Waals surface area (Å²) in [7, 11) is 0. The molecule has 2 N–H and O–H groups in total. The number of hydrogen-bond donors (Lipinski definition) is 2. The summed E-state index contributed by atoms with van der Waals surface area (Å²) in [4.78, 5) is 0. The Bertz CT molecular complexity index is 789. The second kappa shape index (κ2) is 7.98. The number of hydrogen-bond acceptors (Lipinski definition) is 2. The van der Waals surface area contributed by atoms with E-state index in [1.807, 2.05) is 0 Å². The lowest BCUT2D eigenvalue weighted by atomic mass is 9.35. The van der Waals surface area contributed by atoms with E-state index in [4.69, 9.17) is 0 Å². The molecule has 5 unspecified atom stereocenters. The van der Waals surface area contributed by atoms with Crippen molar-refractivity contribution in [2.24, 2.45) is 45.3 Å². The van der Waals surface area contributed by atoms with Gasteiger partial charge in [-0.2, -0.15) is 0 Å². The molecule has 0 heterocycles. The molecule has 4 aliphatic rings. The summed E-state index contributed by atoms with van der Waals surface area (Å²) in [6.07, 6.45) is 13.3. The molecule has 9 atom stereocenters. The molecule has 0 spiro atoms. The second-order valence-corrected chi connectivity index (χ2v) is 13.8. The first-order valence-corrected chi connectivity index (χ1v) is 13.4. The summed E-state index contributed by atoms with van der Waals surface area (Å²) < 4.78 is 0. The Kier molecular flexibility index (Phi) is 6.11. The standard InChI is InChI=1S/C30H50O2/c1-19(2)10-9-11-20(3)21-12-16-30(8)26(21)22(31)18-24-28(6)15-14-25(32)27(4,5)23(28)13-17-29(24,30)7/h10-11,21-26,31-32H,9,12-18H2,1-8H3/b20-11+/t21?,22-,23?,24?,25?,26?,28+,29-,30-/m1/s1. The van der Waals surface area contributed by atoms with E-state index in [2.05, 4.69) is 67.5 Å². The monoisotopic (exact) mass is 442 g/mol. The highest BCUT2D eigenvalue weighted by Gasteiger charge is 2.70. The molecular formula is C30H50O2. The van der Waals surface area contributed by atoms with E-state index in [1.165, 1.54) is 36.8 Å². The molecule has 2 heteroatoms. The lowest BCUT2D eigenvalue weighted by Crippen LogP contribution is -2.66. The molecule has 182 valence electrons. The predicted molar refractivity (Wildman–Crippen MR) is 134 cm³/mol. The van der Waals surface area contributed by atoms with Crippen molar-refractivity contribution in [3.05, 3.63) is 23.3 Å². The summed E-state index contributed by atoms with van der Waals surface area (Å²) in [5.74, 6) is 2.00. The molecule has 32 heavy (non-hydrogen) atoms. The highest BCUT2D eigenvalue weighted by Crippen LogP contribution is 2.75. The van der Waals surface area contributed by atoms with Gasteiger partial charge < -0.3 is 10.2 Å². The van der Waals surface area contributed by atoms with Gasteiger partial charge in [0.1, 0.15) is 0 Å². The average molecular weight is 443 g/mol. The van der Waals surface area contributed by atoms with Crippen molar-refractivity contribution in [2.75, 3.05) is 0 Å². The average Bonchev–Trinajstić information content (AvgIpc) is 3.07. The summed E-state index contributed by atoms with van der Waals surface area (Å²) in [5.41, 5.74) is 3.54. The Hall–Kier alpha value is -0.600. The van der Waals surface area contributed by atoms with Crippen LogP contribution < -0.4 is 0 Å². The van der Waals surface area contributed by atoms with Gasteiger partial charge in [-0.15, -0.1) is 0 Å². The number of fused-ring (bicyclic) bond motifs is 5. The topological polar surface area (TPSA) is 40.5 Å². The molecule has 0 saturated heterocycles. The molecule has 0 aromatic heterocycles. The molecule has 0 aromatic rings. The molecule has 0 amide bonds. The molecule has 4 rings (SSSR count). The highest BCUT2D eigenvalue weighted by molar-refractivity contribution is 5.23. The van der Waals surface area contributed by atoms with Gasteiger partial charge in [-0.1, -0.05) is 57.9 Å². The number of aliphatic hydroxyl groups excluding tert-OH is 2. The smallest absolute Gasteiger partial charge is 0.0594 e. The second-order valence-electron chi connectivity index (χ2n) is 13.8. The molecular weight excluding hydrogens is 392 g/mol. The quantitative estimate of drug-likeness (QED) is 0.450. The van der Waals surface area contributed by atoms with Crippen molar-refractivity contribution < 1.29 is 10.2 Å². The summed E-state index contributed by atoms with van der Waals surface area (Å²) in [5, 5.41) is 22.6. The number of allylic oxidation sites excluding steroid dienone is 4. The van der Waals surface area contributed by atoms with Crippen molar-refractivity contribution in [2.45, 2.75) is 119 Å².